The molecule has 1 aliphatic carbocycles. The van der Waals surface area contributed by atoms with Crippen LogP contribution in [0.25, 0.3) is 10.9 Å². The average molecular weight is 413 g/mol. The summed E-state index contributed by atoms with van der Waals surface area (Å²) in [6, 6.07) is 5.96. The number of aryl methyl sites for hydroxylation is 1. The molecule has 5 rings (SSSR count). The number of aliphatic hydroxyl groups is 1. The van der Waals surface area contributed by atoms with E-state index in [0.29, 0.717) is 11.8 Å². The molecular formula is C21H25ClN6O. The van der Waals surface area contributed by atoms with Gasteiger partial charge < -0.3 is 10.4 Å². The Morgan fingerprint density at radius 2 is 2.03 bits per heavy atom. The van der Waals surface area contributed by atoms with Crippen molar-refractivity contribution >= 4 is 28.3 Å². The molecule has 2 fully saturated rings. The second kappa shape index (κ2) is 7.55. The molecule has 0 radical (unpaired) electrons. The molecule has 3 aromatic rings. The lowest BCUT2D eigenvalue weighted by Crippen LogP contribution is -2.43. The molecule has 1 saturated heterocycles. The molecule has 2 N–H and O–H groups in total. The Morgan fingerprint density at radius 1 is 1.21 bits per heavy atom. The highest BCUT2D eigenvalue weighted by Crippen LogP contribution is 2.38. The molecule has 7 nitrogen and oxygen atoms in total. The number of aliphatic hydroxyl groups excluding tert-OH is 1. The van der Waals surface area contributed by atoms with E-state index >= 15 is 0 Å². The quantitative estimate of drug-likeness (QED) is 0.686. The summed E-state index contributed by atoms with van der Waals surface area (Å²) in [5.74, 6) is 1.79. The average Bonchev–Trinajstić information content (AvgIpc) is 3.24. The van der Waals surface area contributed by atoms with Crippen LogP contribution in [0.4, 0.5) is 5.82 Å². The van der Waals surface area contributed by atoms with Crippen molar-refractivity contribution < 1.29 is 5.11 Å². The Labute approximate surface area is 174 Å². The van der Waals surface area contributed by atoms with Crippen LogP contribution in [0.15, 0.2) is 36.8 Å². The lowest BCUT2D eigenvalue weighted by atomic mass is 9.77. The van der Waals surface area contributed by atoms with E-state index < -0.39 is 0 Å². The number of benzene rings is 1. The Balaban J connectivity index is 1.29. The first kappa shape index (κ1) is 18.8. The normalized spacial score (nSPS) is 27.3. The summed E-state index contributed by atoms with van der Waals surface area (Å²) < 4.78 is 1.91. The topological polar surface area (TPSA) is 79.1 Å². The largest absolute Gasteiger partial charge is 0.391 e. The summed E-state index contributed by atoms with van der Waals surface area (Å²) in [6.45, 7) is 2.78. The molecule has 0 unspecified atom stereocenters. The molecule has 0 spiro atoms. The van der Waals surface area contributed by atoms with E-state index in [0.717, 1.165) is 59.9 Å². The number of aromatic nitrogens is 4. The number of nitrogens with one attached hydrogen (secondary N) is 1. The van der Waals surface area contributed by atoms with Crippen LogP contribution in [-0.2, 0) is 13.6 Å². The molecular weight excluding hydrogens is 388 g/mol. The summed E-state index contributed by atoms with van der Waals surface area (Å²) in [4.78, 5) is 10.8. The second-order valence-corrected chi connectivity index (χ2v) is 8.71. The van der Waals surface area contributed by atoms with Gasteiger partial charge in [-0.05, 0) is 36.8 Å². The molecule has 1 aliphatic heterocycles. The molecule has 29 heavy (non-hydrogen) atoms. The predicted molar refractivity (Wildman–Crippen MR) is 113 cm³/mol. The number of fused-ring (bicyclic) bond motifs is 2. The molecule has 152 valence electrons. The number of nitrogens with zero attached hydrogens (tertiary/aromatic N) is 5. The fraction of sp³-hybridized carbons (Fsp3) is 0.476. The van der Waals surface area contributed by atoms with E-state index in [9.17, 15) is 5.11 Å². The van der Waals surface area contributed by atoms with Crippen LogP contribution in [-0.4, -0.2) is 55.0 Å². The van der Waals surface area contributed by atoms with Crippen molar-refractivity contribution in [1.29, 1.82) is 0 Å². The van der Waals surface area contributed by atoms with Crippen molar-refractivity contribution in [3.05, 3.63) is 47.5 Å². The Hall–Kier alpha value is -2.22. The number of anilines is 1. The van der Waals surface area contributed by atoms with Crippen LogP contribution in [0.3, 0.4) is 0 Å². The first-order valence-electron chi connectivity index (χ1n) is 10.1. The molecule has 4 atom stereocenters. The minimum atomic E-state index is -0.372. The Bertz CT molecular complexity index is 1010. The van der Waals surface area contributed by atoms with E-state index in [1.807, 2.05) is 23.9 Å². The minimum Gasteiger partial charge on any atom is -0.391 e. The zero-order valence-electron chi connectivity index (χ0n) is 16.4. The van der Waals surface area contributed by atoms with E-state index in [-0.39, 0.29) is 12.1 Å². The lowest BCUT2D eigenvalue weighted by Gasteiger charge is -2.35. The zero-order chi connectivity index (χ0) is 20.0. The Kier molecular flexibility index (Phi) is 4.89. The van der Waals surface area contributed by atoms with Crippen molar-refractivity contribution in [2.75, 3.05) is 18.4 Å². The van der Waals surface area contributed by atoms with Crippen LogP contribution >= 0.6 is 11.6 Å². The van der Waals surface area contributed by atoms with Gasteiger partial charge in [0, 0.05) is 44.5 Å². The summed E-state index contributed by atoms with van der Waals surface area (Å²) in [5, 5.41) is 20.6. The van der Waals surface area contributed by atoms with E-state index in [1.165, 1.54) is 0 Å². The van der Waals surface area contributed by atoms with E-state index in [2.05, 4.69) is 26.3 Å². The standard InChI is InChI=1S/C21H25ClN6O/c1-27-18-4-2-3-15(22)21(18)17(26-27)12-28-10-13-7-16(19(29)8-14(13)11-28)25-20-9-23-5-6-24-20/h2-6,9,13-14,16,19,29H,7-8,10-12H2,1H3,(H,24,25)/t13-,14+,16-,19-/m1/s1. The maximum absolute atomic E-state index is 10.7. The van der Waals surface area contributed by atoms with E-state index in [4.69, 9.17) is 16.7 Å². The van der Waals surface area contributed by atoms with Gasteiger partial charge in [-0.2, -0.15) is 5.10 Å². The van der Waals surface area contributed by atoms with Gasteiger partial charge in [-0.25, -0.2) is 4.98 Å². The third kappa shape index (κ3) is 3.58. The SMILES string of the molecule is Cn1nc(CN2C[C@H]3C[C@@H](Nc4cnccn4)[C@H](O)C[C@H]3C2)c2c(Cl)cccc21. The van der Waals surface area contributed by atoms with Gasteiger partial charge >= 0.3 is 0 Å². The summed E-state index contributed by atoms with van der Waals surface area (Å²) in [6.07, 6.45) is 6.39. The van der Waals surface area contributed by atoms with Gasteiger partial charge in [-0.3, -0.25) is 14.6 Å². The summed E-state index contributed by atoms with van der Waals surface area (Å²) in [7, 11) is 1.96. The maximum atomic E-state index is 10.7. The van der Waals surface area contributed by atoms with Crippen LogP contribution < -0.4 is 5.32 Å². The van der Waals surface area contributed by atoms with Gasteiger partial charge in [0.2, 0.25) is 0 Å². The van der Waals surface area contributed by atoms with Gasteiger partial charge in [0.05, 0.1) is 34.6 Å². The van der Waals surface area contributed by atoms with Crippen molar-refractivity contribution in [1.82, 2.24) is 24.6 Å². The van der Waals surface area contributed by atoms with Gasteiger partial charge in [-0.15, -0.1) is 0 Å². The smallest absolute Gasteiger partial charge is 0.144 e. The third-order valence-electron chi connectivity index (χ3n) is 6.39. The number of hydrogen-bond donors (Lipinski definition) is 2. The third-order valence-corrected chi connectivity index (χ3v) is 6.70. The van der Waals surface area contributed by atoms with Crippen LogP contribution in [0.1, 0.15) is 18.5 Å². The van der Waals surface area contributed by atoms with Gasteiger partial charge in [0.1, 0.15) is 5.82 Å². The molecule has 1 saturated carbocycles. The van der Waals surface area contributed by atoms with Crippen LogP contribution in [0.5, 0.6) is 0 Å². The molecule has 1 aromatic carbocycles. The number of rotatable bonds is 4. The van der Waals surface area contributed by atoms with Crippen LogP contribution in [0, 0.1) is 11.8 Å². The molecule has 8 heteroatoms. The maximum Gasteiger partial charge on any atom is 0.144 e. The van der Waals surface area contributed by atoms with Crippen molar-refractivity contribution in [2.45, 2.75) is 31.5 Å². The zero-order valence-corrected chi connectivity index (χ0v) is 17.1. The number of likely N-dealkylation sites (tertiary alicyclic amines) is 1. The van der Waals surface area contributed by atoms with Crippen molar-refractivity contribution in [3.63, 3.8) is 0 Å². The van der Waals surface area contributed by atoms with Crippen molar-refractivity contribution in [2.24, 2.45) is 18.9 Å². The monoisotopic (exact) mass is 412 g/mol. The predicted octanol–water partition coefficient (Wildman–Crippen LogP) is 2.70. The second-order valence-electron chi connectivity index (χ2n) is 8.30. The van der Waals surface area contributed by atoms with Crippen LogP contribution in [0.2, 0.25) is 5.02 Å². The summed E-state index contributed by atoms with van der Waals surface area (Å²) >= 11 is 6.47. The van der Waals surface area contributed by atoms with Gasteiger partial charge in [0.25, 0.3) is 0 Å². The van der Waals surface area contributed by atoms with Gasteiger partial charge in [-0.1, -0.05) is 17.7 Å². The van der Waals surface area contributed by atoms with Gasteiger partial charge in [0.15, 0.2) is 0 Å². The fourth-order valence-corrected chi connectivity index (χ4v) is 5.33. The van der Waals surface area contributed by atoms with E-state index in [1.54, 1.807) is 18.6 Å². The highest BCUT2D eigenvalue weighted by molar-refractivity contribution is 6.35. The molecule has 3 heterocycles. The fourth-order valence-electron chi connectivity index (χ4n) is 5.05. The highest BCUT2D eigenvalue weighted by Gasteiger charge is 2.42. The lowest BCUT2D eigenvalue weighted by molar-refractivity contribution is 0.0735. The minimum absolute atomic E-state index is 0.0121. The first-order chi connectivity index (χ1) is 14.1. The molecule has 0 amide bonds. The molecule has 0 bridgehead atoms. The first-order valence-corrected chi connectivity index (χ1v) is 10.5. The number of halogens is 1. The highest BCUT2D eigenvalue weighted by atomic mass is 35.5. The Morgan fingerprint density at radius 3 is 2.83 bits per heavy atom. The molecule has 2 aromatic heterocycles. The molecule has 2 aliphatic rings. The van der Waals surface area contributed by atoms with Crippen molar-refractivity contribution in [3.8, 4) is 0 Å². The summed E-state index contributed by atoms with van der Waals surface area (Å²) in [5.41, 5.74) is 2.09. The number of hydrogen-bond acceptors (Lipinski definition) is 6.